The second-order valence-corrected chi connectivity index (χ2v) is 8.76. The van der Waals surface area contributed by atoms with Crippen LogP contribution in [0.1, 0.15) is 56.1 Å². The summed E-state index contributed by atoms with van der Waals surface area (Å²) >= 11 is 1.42. The molecule has 110 valence electrons. The van der Waals surface area contributed by atoms with Gasteiger partial charge in [0.25, 0.3) is 0 Å². The minimum absolute atomic E-state index is 0.0122. The lowest BCUT2D eigenvalue weighted by Gasteiger charge is -2.20. The first-order valence-corrected chi connectivity index (χ1v) is 8.75. The minimum atomic E-state index is -3.52. The standard InChI is InChI=1S/C12H23N3O2S2/c1-8(2)11-9(6-14-12(3,4)5)18-10(15-11)7-19(13,16)17/h8,14H,6-7H2,1-5H3,(H2,13,16,17). The van der Waals surface area contributed by atoms with Gasteiger partial charge in [-0.15, -0.1) is 11.3 Å². The third kappa shape index (κ3) is 5.99. The zero-order chi connectivity index (χ0) is 14.8. The van der Waals surface area contributed by atoms with Crippen molar-refractivity contribution in [3.8, 4) is 0 Å². The van der Waals surface area contributed by atoms with Gasteiger partial charge in [0, 0.05) is 17.0 Å². The highest BCUT2D eigenvalue weighted by Gasteiger charge is 2.18. The maximum absolute atomic E-state index is 11.1. The van der Waals surface area contributed by atoms with Crippen molar-refractivity contribution in [1.82, 2.24) is 10.3 Å². The van der Waals surface area contributed by atoms with Crippen LogP contribution >= 0.6 is 11.3 Å². The molecule has 0 saturated carbocycles. The lowest BCUT2D eigenvalue weighted by Crippen LogP contribution is -2.35. The molecule has 0 unspecified atom stereocenters. The molecule has 19 heavy (non-hydrogen) atoms. The van der Waals surface area contributed by atoms with E-state index in [9.17, 15) is 8.42 Å². The second-order valence-electron chi connectivity index (χ2n) is 5.98. The molecular weight excluding hydrogens is 282 g/mol. The maximum atomic E-state index is 11.1. The molecule has 1 aromatic heterocycles. The molecule has 1 rings (SSSR count). The van der Waals surface area contributed by atoms with E-state index in [2.05, 4.69) is 44.9 Å². The number of sulfonamides is 1. The first-order chi connectivity index (χ1) is 8.48. The molecule has 0 bridgehead atoms. The van der Waals surface area contributed by atoms with Crippen LogP contribution in [0.5, 0.6) is 0 Å². The molecule has 5 nitrogen and oxygen atoms in total. The fourth-order valence-electron chi connectivity index (χ4n) is 1.57. The molecule has 0 spiro atoms. The van der Waals surface area contributed by atoms with Gasteiger partial charge in [0.2, 0.25) is 10.0 Å². The Labute approximate surface area is 119 Å². The molecule has 0 radical (unpaired) electrons. The van der Waals surface area contributed by atoms with E-state index in [0.717, 1.165) is 10.6 Å². The lowest BCUT2D eigenvalue weighted by molar-refractivity contribution is 0.425. The van der Waals surface area contributed by atoms with Crippen LogP contribution in [0.4, 0.5) is 0 Å². The zero-order valence-corrected chi connectivity index (χ0v) is 13.8. The Kier molecular flexibility index (Phi) is 5.11. The topological polar surface area (TPSA) is 85.1 Å². The number of primary sulfonamides is 1. The number of thiazole rings is 1. The molecule has 1 heterocycles. The molecule has 0 amide bonds. The second kappa shape index (κ2) is 5.87. The monoisotopic (exact) mass is 305 g/mol. The van der Waals surface area contributed by atoms with Gasteiger partial charge in [-0.1, -0.05) is 13.8 Å². The van der Waals surface area contributed by atoms with Crippen LogP contribution in [0.25, 0.3) is 0 Å². The van der Waals surface area contributed by atoms with Gasteiger partial charge in [-0.05, 0) is 26.7 Å². The number of nitrogens with one attached hydrogen (secondary N) is 1. The van der Waals surface area contributed by atoms with E-state index in [4.69, 9.17) is 5.14 Å². The quantitative estimate of drug-likeness (QED) is 0.870. The molecule has 7 heteroatoms. The van der Waals surface area contributed by atoms with E-state index < -0.39 is 10.0 Å². The van der Waals surface area contributed by atoms with Gasteiger partial charge in [0.05, 0.1) is 5.69 Å². The Morgan fingerprint density at radius 3 is 2.37 bits per heavy atom. The van der Waals surface area contributed by atoms with Crippen molar-refractivity contribution >= 4 is 21.4 Å². The van der Waals surface area contributed by atoms with Crippen molar-refractivity contribution in [2.24, 2.45) is 5.14 Å². The Balaban J connectivity index is 2.96. The molecule has 0 atom stereocenters. The summed E-state index contributed by atoms with van der Waals surface area (Å²) < 4.78 is 22.3. The molecule has 0 aromatic carbocycles. The molecule has 0 aliphatic carbocycles. The predicted molar refractivity (Wildman–Crippen MR) is 79.6 cm³/mol. The summed E-state index contributed by atoms with van der Waals surface area (Å²) in [7, 11) is -3.52. The fourth-order valence-corrected chi connectivity index (χ4v) is 3.67. The van der Waals surface area contributed by atoms with Gasteiger partial charge in [0.15, 0.2) is 0 Å². The molecule has 1 aromatic rings. The van der Waals surface area contributed by atoms with Gasteiger partial charge < -0.3 is 5.32 Å². The van der Waals surface area contributed by atoms with Crippen LogP contribution in [-0.2, 0) is 22.3 Å². The highest BCUT2D eigenvalue weighted by molar-refractivity contribution is 7.88. The van der Waals surface area contributed by atoms with Gasteiger partial charge in [-0.3, -0.25) is 0 Å². The number of hydrogen-bond acceptors (Lipinski definition) is 5. The number of aromatic nitrogens is 1. The van der Waals surface area contributed by atoms with Gasteiger partial charge >= 0.3 is 0 Å². The van der Waals surface area contributed by atoms with Crippen molar-refractivity contribution < 1.29 is 8.42 Å². The first-order valence-electron chi connectivity index (χ1n) is 6.22. The minimum Gasteiger partial charge on any atom is -0.307 e. The summed E-state index contributed by atoms with van der Waals surface area (Å²) in [5.41, 5.74) is 0.971. The Bertz CT molecular complexity index is 528. The average Bonchev–Trinajstić information content (AvgIpc) is 2.54. The summed E-state index contributed by atoms with van der Waals surface area (Å²) in [5.74, 6) is 0.0784. The highest BCUT2D eigenvalue weighted by atomic mass is 32.2. The molecular formula is C12H23N3O2S2. The highest BCUT2D eigenvalue weighted by Crippen LogP contribution is 2.26. The summed E-state index contributed by atoms with van der Waals surface area (Å²) in [6, 6.07) is 0. The van der Waals surface area contributed by atoms with E-state index >= 15 is 0 Å². The normalized spacial score (nSPS) is 13.2. The third-order valence-corrected chi connectivity index (χ3v) is 4.35. The average molecular weight is 305 g/mol. The number of nitrogens with zero attached hydrogens (tertiary/aromatic N) is 1. The van der Waals surface area contributed by atoms with Gasteiger partial charge in [-0.2, -0.15) is 0 Å². The smallest absolute Gasteiger partial charge is 0.215 e. The van der Waals surface area contributed by atoms with E-state index in [1.54, 1.807) is 0 Å². The summed E-state index contributed by atoms with van der Waals surface area (Å²) in [4.78, 5) is 5.50. The van der Waals surface area contributed by atoms with E-state index in [0.29, 0.717) is 11.6 Å². The Hall–Kier alpha value is -0.500. The number of nitrogens with two attached hydrogens (primary N) is 1. The summed E-state index contributed by atoms with van der Waals surface area (Å²) in [6.45, 7) is 11.1. The van der Waals surface area contributed by atoms with E-state index in [1.165, 1.54) is 11.3 Å². The van der Waals surface area contributed by atoms with Crippen LogP contribution in [0.2, 0.25) is 0 Å². The van der Waals surface area contributed by atoms with Crippen molar-refractivity contribution in [3.05, 3.63) is 15.6 Å². The maximum Gasteiger partial charge on any atom is 0.215 e. The van der Waals surface area contributed by atoms with Crippen molar-refractivity contribution in [2.45, 2.75) is 58.4 Å². The number of hydrogen-bond donors (Lipinski definition) is 2. The predicted octanol–water partition coefficient (Wildman–Crippen LogP) is 1.94. The van der Waals surface area contributed by atoms with Crippen molar-refractivity contribution in [2.75, 3.05) is 0 Å². The van der Waals surface area contributed by atoms with Crippen LogP contribution in [0.15, 0.2) is 0 Å². The molecule has 0 saturated heterocycles. The van der Waals surface area contributed by atoms with Gasteiger partial charge in [-0.25, -0.2) is 18.5 Å². The molecule has 0 aliphatic rings. The third-order valence-electron chi connectivity index (χ3n) is 2.42. The fraction of sp³-hybridized carbons (Fsp3) is 0.750. The van der Waals surface area contributed by atoms with Crippen LogP contribution < -0.4 is 10.5 Å². The zero-order valence-electron chi connectivity index (χ0n) is 12.1. The van der Waals surface area contributed by atoms with Crippen LogP contribution in [0, 0.1) is 0 Å². The molecule has 0 aliphatic heterocycles. The first kappa shape index (κ1) is 16.6. The number of rotatable bonds is 5. The SMILES string of the molecule is CC(C)c1nc(CS(N)(=O)=O)sc1CNC(C)(C)C. The lowest BCUT2D eigenvalue weighted by atomic mass is 10.1. The van der Waals surface area contributed by atoms with Crippen LogP contribution in [0.3, 0.4) is 0 Å². The molecule has 0 fully saturated rings. The van der Waals surface area contributed by atoms with E-state index in [-0.39, 0.29) is 17.2 Å². The largest absolute Gasteiger partial charge is 0.307 e. The van der Waals surface area contributed by atoms with E-state index in [1.807, 2.05) is 0 Å². The Morgan fingerprint density at radius 1 is 1.37 bits per heavy atom. The Morgan fingerprint density at radius 2 is 1.95 bits per heavy atom. The van der Waals surface area contributed by atoms with Crippen LogP contribution in [-0.4, -0.2) is 18.9 Å². The molecule has 3 N–H and O–H groups in total. The van der Waals surface area contributed by atoms with Crippen molar-refractivity contribution in [1.29, 1.82) is 0 Å². The summed E-state index contributed by atoms with van der Waals surface area (Å²) in [5, 5.41) is 9.04. The van der Waals surface area contributed by atoms with Crippen molar-refractivity contribution in [3.63, 3.8) is 0 Å². The van der Waals surface area contributed by atoms with Gasteiger partial charge in [0.1, 0.15) is 10.8 Å². The summed E-state index contributed by atoms with van der Waals surface area (Å²) in [6.07, 6.45) is 0.